The minimum Gasteiger partial charge on any atom is -0.491 e. The van der Waals surface area contributed by atoms with Crippen molar-refractivity contribution in [2.24, 2.45) is 0 Å². The molecule has 0 radical (unpaired) electrons. The van der Waals surface area contributed by atoms with Crippen LogP contribution < -0.4 is 4.74 Å². The highest BCUT2D eigenvalue weighted by molar-refractivity contribution is 5.35. The Kier molecular flexibility index (Phi) is 7.90. The molecule has 0 aliphatic carbocycles. The van der Waals surface area contributed by atoms with E-state index >= 15 is 0 Å². The zero-order valence-corrected chi connectivity index (χ0v) is 17.3. The topological polar surface area (TPSA) is 35.9 Å². The number of aliphatic hydroxyl groups is 1. The van der Waals surface area contributed by atoms with Crippen LogP contribution in [0.15, 0.2) is 54.6 Å². The summed E-state index contributed by atoms with van der Waals surface area (Å²) in [5.41, 5.74) is 2.59. The van der Waals surface area contributed by atoms with E-state index in [2.05, 4.69) is 66.1 Å². The summed E-state index contributed by atoms with van der Waals surface area (Å²) in [6.07, 6.45) is 0.613. The van der Waals surface area contributed by atoms with E-state index in [0.717, 1.165) is 44.9 Å². The number of piperazine rings is 1. The first-order valence-electron chi connectivity index (χ1n) is 10.5. The molecule has 2 aromatic rings. The van der Waals surface area contributed by atoms with E-state index in [-0.39, 0.29) is 0 Å². The summed E-state index contributed by atoms with van der Waals surface area (Å²) >= 11 is 0. The summed E-state index contributed by atoms with van der Waals surface area (Å²) in [6, 6.07) is 18.8. The van der Waals surface area contributed by atoms with Crippen molar-refractivity contribution in [3.05, 3.63) is 65.7 Å². The van der Waals surface area contributed by atoms with Gasteiger partial charge in [0.15, 0.2) is 0 Å². The van der Waals surface area contributed by atoms with Crippen LogP contribution >= 0.6 is 0 Å². The van der Waals surface area contributed by atoms with Crippen molar-refractivity contribution in [3.8, 4) is 5.75 Å². The summed E-state index contributed by atoms with van der Waals surface area (Å²) < 4.78 is 5.98. The number of aliphatic hydroxyl groups excluding tert-OH is 1. The molecule has 1 aliphatic heterocycles. The third-order valence-electron chi connectivity index (χ3n) is 5.68. The summed E-state index contributed by atoms with van der Waals surface area (Å²) in [5, 5.41) is 10.5. The first kappa shape index (κ1) is 20.8. The third-order valence-corrected chi connectivity index (χ3v) is 5.68. The maximum atomic E-state index is 10.5. The lowest BCUT2D eigenvalue weighted by molar-refractivity contribution is 0.0443. The predicted octanol–water partition coefficient (Wildman–Crippen LogP) is 3.76. The van der Waals surface area contributed by atoms with Crippen molar-refractivity contribution < 1.29 is 9.84 Å². The van der Waals surface area contributed by atoms with Gasteiger partial charge in [-0.3, -0.25) is 9.80 Å². The fourth-order valence-corrected chi connectivity index (χ4v) is 3.75. The van der Waals surface area contributed by atoms with E-state index < -0.39 is 6.10 Å². The third kappa shape index (κ3) is 6.06. The van der Waals surface area contributed by atoms with Crippen molar-refractivity contribution in [1.82, 2.24) is 9.80 Å². The predicted molar refractivity (Wildman–Crippen MR) is 115 cm³/mol. The first-order chi connectivity index (χ1) is 13.7. The summed E-state index contributed by atoms with van der Waals surface area (Å²) in [6.45, 7) is 10.5. The Balaban J connectivity index is 1.41. The molecule has 1 heterocycles. The van der Waals surface area contributed by atoms with Gasteiger partial charge in [0.05, 0.1) is 0 Å². The molecular formula is C24H34N2O2. The van der Waals surface area contributed by atoms with Crippen LogP contribution in [0.2, 0.25) is 0 Å². The molecule has 0 bridgehead atoms. The fraction of sp³-hybridized carbons (Fsp3) is 0.500. The maximum absolute atomic E-state index is 10.5. The largest absolute Gasteiger partial charge is 0.491 e. The van der Waals surface area contributed by atoms with Crippen molar-refractivity contribution in [1.29, 1.82) is 0 Å². The molecule has 0 unspecified atom stereocenters. The summed E-state index contributed by atoms with van der Waals surface area (Å²) in [5.74, 6) is 1.37. The van der Waals surface area contributed by atoms with Gasteiger partial charge in [-0.15, -0.1) is 0 Å². The normalized spacial score (nSPS) is 18.0. The Morgan fingerprint density at radius 3 is 2.29 bits per heavy atom. The van der Waals surface area contributed by atoms with Crippen molar-refractivity contribution >= 4 is 0 Å². The maximum Gasteiger partial charge on any atom is 0.122 e. The smallest absolute Gasteiger partial charge is 0.122 e. The molecule has 1 fully saturated rings. The molecule has 1 aliphatic rings. The van der Waals surface area contributed by atoms with Gasteiger partial charge < -0.3 is 9.84 Å². The van der Waals surface area contributed by atoms with Crippen LogP contribution in [0.4, 0.5) is 0 Å². The lowest BCUT2D eigenvalue weighted by Gasteiger charge is -2.35. The molecule has 0 spiro atoms. The highest BCUT2D eigenvalue weighted by atomic mass is 16.5. The van der Waals surface area contributed by atoms with E-state index in [1.165, 1.54) is 11.1 Å². The van der Waals surface area contributed by atoms with Crippen LogP contribution in [-0.2, 0) is 6.54 Å². The number of hydrogen-bond acceptors (Lipinski definition) is 4. The highest BCUT2D eigenvalue weighted by Crippen LogP contribution is 2.28. The quantitative estimate of drug-likeness (QED) is 0.716. The number of para-hydroxylation sites is 1. The Hall–Kier alpha value is -1.88. The monoisotopic (exact) mass is 382 g/mol. The number of nitrogens with zero attached hydrogens (tertiary/aromatic N) is 2. The number of benzene rings is 2. The molecule has 3 rings (SSSR count). The van der Waals surface area contributed by atoms with Gasteiger partial charge in [0.1, 0.15) is 18.5 Å². The number of ether oxygens (including phenoxy) is 1. The summed E-state index contributed by atoms with van der Waals surface area (Å²) in [4.78, 5) is 4.83. The van der Waals surface area contributed by atoms with Gasteiger partial charge in [0, 0.05) is 39.3 Å². The van der Waals surface area contributed by atoms with Gasteiger partial charge in [-0.2, -0.15) is 0 Å². The van der Waals surface area contributed by atoms with Gasteiger partial charge in [-0.25, -0.2) is 0 Å². The second-order valence-corrected chi connectivity index (χ2v) is 7.87. The van der Waals surface area contributed by atoms with Crippen LogP contribution in [0, 0.1) is 0 Å². The Labute approximate surface area is 169 Å². The van der Waals surface area contributed by atoms with E-state index in [0.29, 0.717) is 19.1 Å². The molecule has 28 heavy (non-hydrogen) atoms. The lowest BCUT2D eigenvalue weighted by Crippen LogP contribution is -2.48. The Bertz CT molecular complexity index is 699. The number of β-amino-alcohol motifs (C(OH)–C–C–N with tert-alkyl or cyclic N) is 1. The molecule has 4 heteroatoms. The van der Waals surface area contributed by atoms with E-state index in [9.17, 15) is 5.11 Å². The van der Waals surface area contributed by atoms with Gasteiger partial charge >= 0.3 is 0 Å². The SMILES string of the molecule is CC[C@@H](C)c1ccccc1OC[C@@H](O)CN1CCN(Cc2ccccc2)CC1. The summed E-state index contributed by atoms with van der Waals surface area (Å²) in [7, 11) is 0. The molecule has 0 amide bonds. The van der Waals surface area contributed by atoms with Gasteiger partial charge in [0.25, 0.3) is 0 Å². The van der Waals surface area contributed by atoms with Crippen molar-refractivity contribution in [2.75, 3.05) is 39.3 Å². The van der Waals surface area contributed by atoms with Crippen molar-refractivity contribution in [3.63, 3.8) is 0 Å². The van der Waals surface area contributed by atoms with Crippen LogP contribution in [0.5, 0.6) is 5.75 Å². The molecule has 0 aromatic heterocycles. The van der Waals surface area contributed by atoms with Gasteiger partial charge in [0.2, 0.25) is 0 Å². The van der Waals surface area contributed by atoms with Crippen molar-refractivity contribution in [2.45, 2.75) is 38.8 Å². The van der Waals surface area contributed by atoms with Crippen LogP contribution in [-0.4, -0.2) is 60.3 Å². The standard InChI is InChI=1S/C24H34N2O2/c1-3-20(2)23-11-7-8-12-24(23)28-19-22(27)18-26-15-13-25(14-16-26)17-21-9-5-4-6-10-21/h4-12,20,22,27H,3,13-19H2,1-2H3/t20-,22+/m1/s1. The molecule has 4 nitrogen and oxygen atoms in total. The highest BCUT2D eigenvalue weighted by Gasteiger charge is 2.20. The van der Waals surface area contributed by atoms with Crippen LogP contribution in [0.3, 0.4) is 0 Å². The molecule has 152 valence electrons. The van der Waals surface area contributed by atoms with Gasteiger partial charge in [-0.05, 0) is 29.5 Å². The van der Waals surface area contributed by atoms with Crippen LogP contribution in [0.25, 0.3) is 0 Å². The molecular weight excluding hydrogens is 348 g/mol. The Morgan fingerprint density at radius 2 is 1.57 bits per heavy atom. The average molecular weight is 383 g/mol. The van der Waals surface area contributed by atoms with Crippen LogP contribution in [0.1, 0.15) is 37.3 Å². The fourth-order valence-electron chi connectivity index (χ4n) is 3.75. The zero-order valence-electron chi connectivity index (χ0n) is 17.3. The second kappa shape index (κ2) is 10.6. The average Bonchev–Trinajstić information content (AvgIpc) is 2.74. The molecule has 0 saturated carbocycles. The number of rotatable bonds is 9. The minimum absolute atomic E-state index is 0.345. The number of hydrogen-bond donors (Lipinski definition) is 1. The zero-order chi connectivity index (χ0) is 19.8. The minimum atomic E-state index is -0.467. The lowest BCUT2D eigenvalue weighted by atomic mass is 9.98. The molecule has 1 saturated heterocycles. The van der Waals surface area contributed by atoms with E-state index in [4.69, 9.17) is 4.74 Å². The molecule has 1 N–H and O–H groups in total. The molecule has 2 atom stereocenters. The van der Waals surface area contributed by atoms with Gasteiger partial charge in [-0.1, -0.05) is 62.4 Å². The van der Waals surface area contributed by atoms with E-state index in [1.807, 2.05) is 12.1 Å². The first-order valence-corrected chi connectivity index (χ1v) is 10.5. The molecule has 2 aromatic carbocycles. The second-order valence-electron chi connectivity index (χ2n) is 7.87. The Morgan fingerprint density at radius 1 is 0.929 bits per heavy atom. The van der Waals surface area contributed by atoms with E-state index in [1.54, 1.807) is 0 Å².